The van der Waals surface area contributed by atoms with Crippen LogP contribution in [0.25, 0.3) is 11.1 Å². The SMILES string of the molecule is COc1ccc(-c2c(NC(C)=O)ccc([Si](C)(C)C)c2NC(=O)CN2CCCC(O)C2)cc1. The van der Waals surface area contributed by atoms with Crippen LogP contribution in [-0.2, 0) is 9.59 Å². The number of ether oxygens (including phenoxy) is 1. The van der Waals surface area contributed by atoms with Gasteiger partial charge in [0.1, 0.15) is 5.75 Å². The number of amides is 2. The van der Waals surface area contributed by atoms with E-state index in [-0.39, 0.29) is 24.5 Å². The van der Waals surface area contributed by atoms with Crippen LogP contribution >= 0.6 is 0 Å². The monoisotopic (exact) mass is 469 g/mol. The van der Waals surface area contributed by atoms with Gasteiger partial charge < -0.3 is 20.5 Å². The molecule has 1 unspecified atom stereocenters. The van der Waals surface area contributed by atoms with Crippen molar-refractivity contribution in [2.75, 3.05) is 37.4 Å². The van der Waals surface area contributed by atoms with E-state index >= 15 is 0 Å². The summed E-state index contributed by atoms with van der Waals surface area (Å²) in [5, 5.41) is 17.2. The Morgan fingerprint density at radius 1 is 1.12 bits per heavy atom. The number of benzene rings is 2. The molecule has 1 aliphatic heterocycles. The molecule has 0 bridgehead atoms. The summed E-state index contributed by atoms with van der Waals surface area (Å²) in [6.45, 7) is 9.69. The summed E-state index contributed by atoms with van der Waals surface area (Å²) < 4.78 is 5.31. The van der Waals surface area contributed by atoms with Crippen LogP contribution in [0.1, 0.15) is 19.8 Å². The molecule has 0 radical (unpaired) electrons. The highest BCUT2D eigenvalue weighted by molar-refractivity contribution is 6.90. The summed E-state index contributed by atoms with van der Waals surface area (Å²) >= 11 is 0. The predicted octanol–water partition coefficient (Wildman–Crippen LogP) is 3.26. The van der Waals surface area contributed by atoms with Gasteiger partial charge in [-0.2, -0.15) is 0 Å². The van der Waals surface area contributed by atoms with Gasteiger partial charge in [0.25, 0.3) is 0 Å². The standard InChI is InChI=1S/C25H35N3O4Si/c1-17(29)26-21-12-13-22(33(3,4)5)25(24(21)18-8-10-20(32-2)11-9-18)27-23(31)16-28-14-6-7-19(30)15-28/h8-13,19,30H,6-7,14-16H2,1-5H3,(H,26,29)(H,27,31). The molecule has 2 amide bonds. The van der Waals surface area contributed by atoms with E-state index < -0.39 is 8.07 Å². The first-order valence-corrected chi connectivity index (χ1v) is 14.9. The molecule has 178 valence electrons. The van der Waals surface area contributed by atoms with Crippen molar-refractivity contribution in [1.82, 2.24) is 4.90 Å². The van der Waals surface area contributed by atoms with Crippen LogP contribution in [0.5, 0.6) is 5.75 Å². The highest BCUT2D eigenvalue weighted by Gasteiger charge is 2.27. The maximum absolute atomic E-state index is 13.2. The zero-order valence-corrected chi connectivity index (χ0v) is 21.2. The van der Waals surface area contributed by atoms with Gasteiger partial charge in [-0.05, 0) is 48.3 Å². The van der Waals surface area contributed by atoms with Gasteiger partial charge in [-0.15, -0.1) is 0 Å². The van der Waals surface area contributed by atoms with Crippen molar-refractivity contribution < 1.29 is 19.4 Å². The Morgan fingerprint density at radius 3 is 2.39 bits per heavy atom. The zero-order chi connectivity index (χ0) is 24.2. The lowest BCUT2D eigenvalue weighted by atomic mass is 10.0. The summed E-state index contributed by atoms with van der Waals surface area (Å²) in [6.07, 6.45) is 1.27. The van der Waals surface area contributed by atoms with Crippen LogP contribution in [0.2, 0.25) is 19.6 Å². The summed E-state index contributed by atoms with van der Waals surface area (Å²) in [5.74, 6) is 0.429. The molecule has 1 aliphatic rings. The Bertz CT molecular complexity index is 1000. The normalized spacial score (nSPS) is 16.8. The molecule has 1 fully saturated rings. The molecule has 1 saturated heterocycles. The van der Waals surface area contributed by atoms with Crippen molar-refractivity contribution in [3.05, 3.63) is 36.4 Å². The number of hydrogen-bond donors (Lipinski definition) is 3. The minimum atomic E-state index is -1.86. The Balaban J connectivity index is 2.07. The molecular formula is C25H35N3O4Si. The predicted molar refractivity (Wildman–Crippen MR) is 136 cm³/mol. The summed E-state index contributed by atoms with van der Waals surface area (Å²) in [4.78, 5) is 27.1. The molecular weight excluding hydrogens is 434 g/mol. The Morgan fingerprint density at radius 2 is 1.82 bits per heavy atom. The lowest BCUT2D eigenvalue weighted by Gasteiger charge is -2.30. The van der Waals surface area contributed by atoms with Crippen molar-refractivity contribution in [3.63, 3.8) is 0 Å². The Kier molecular flexibility index (Phi) is 7.94. The number of carbonyl (C=O) groups excluding carboxylic acids is 2. The topological polar surface area (TPSA) is 90.9 Å². The van der Waals surface area contributed by atoms with E-state index in [9.17, 15) is 14.7 Å². The van der Waals surface area contributed by atoms with Gasteiger partial charge in [-0.1, -0.05) is 37.8 Å². The molecule has 3 rings (SSSR count). The molecule has 0 aromatic heterocycles. The summed E-state index contributed by atoms with van der Waals surface area (Å²) in [6, 6.07) is 11.5. The zero-order valence-electron chi connectivity index (χ0n) is 20.2. The average Bonchev–Trinajstić information content (AvgIpc) is 2.73. The number of hydrogen-bond acceptors (Lipinski definition) is 5. The Hall–Kier alpha value is -2.68. The lowest BCUT2D eigenvalue weighted by molar-refractivity contribution is -0.118. The molecule has 0 saturated carbocycles. The number of methoxy groups -OCH3 is 1. The number of carbonyl (C=O) groups is 2. The van der Waals surface area contributed by atoms with Crippen molar-refractivity contribution in [2.24, 2.45) is 0 Å². The van der Waals surface area contributed by atoms with Gasteiger partial charge in [-0.25, -0.2) is 0 Å². The van der Waals surface area contributed by atoms with Crippen LogP contribution in [0.3, 0.4) is 0 Å². The van der Waals surface area contributed by atoms with Gasteiger partial charge in [0.2, 0.25) is 11.8 Å². The fraction of sp³-hybridized carbons (Fsp3) is 0.440. The number of nitrogens with one attached hydrogen (secondary N) is 2. The van der Waals surface area contributed by atoms with Crippen molar-refractivity contribution >= 4 is 36.4 Å². The van der Waals surface area contributed by atoms with E-state index in [1.54, 1.807) is 7.11 Å². The molecule has 2 aromatic carbocycles. The number of likely N-dealkylation sites (tertiary alicyclic amines) is 1. The van der Waals surface area contributed by atoms with E-state index in [0.717, 1.165) is 47.1 Å². The fourth-order valence-electron chi connectivity index (χ4n) is 4.27. The van der Waals surface area contributed by atoms with E-state index in [1.165, 1.54) is 6.92 Å². The van der Waals surface area contributed by atoms with Crippen LogP contribution < -0.4 is 20.6 Å². The van der Waals surface area contributed by atoms with Crippen LogP contribution in [-0.4, -0.2) is 62.7 Å². The number of β-amino-alcohol motifs (C(OH)–C–C–N with tert-alkyl or cyclic N) is 1. The molecule has 8 heteroatoms. The fourth-order valence-corrected chi connectivity index (χ4v) is 5.79. The molecule has 33 heavy (non-hydrogen) atoms. The second-order valence-electron chi connectivity index (χ2n) is 9.65. The van der Waals surface area contributed by atoms with Gasteiger partial charge in [0, 0.05) is 24.7 Å². The number of anilines is 2. The van der Waals surface area contributed by atoms with E-state index in [0.29, 0.717) is 12.2 Å². The molecule has 1 heterocycles. The number of aliphatic hydroxyl groups excluding tert-OH is 1. The smallest absolute Gasteiger partial charge is 0.238 e. The molecule has 7 nitrogen and oxygen atoms in total. The van der Waals surface area contributed by atoms with Crippen LogP contribution in [0.15, 0.2) is 36.4 Å². The second kappa shape index (κ2) is 10.5. The number of rotatable bonds is 7. The highest BCUT2D eigenvalue weighted by Crippen LogP contribution is 2.36. The molecule has 3 N–H and O–H groups in total. The van der Waals surface area contributed by atoms with Crippen molar-refractivity contribution in [3.8, 4) is 16.9 Å². The quantitative estimate of drug-likeness (QED) is 0.542. The van der Waals surface area contributed by atoms with Gasteiger partial charge >= 0.3 is 0 Å². The second-order valence-corrected chi connectivity index (χ2v) is 14.7. The van der Waals surface area contributed by atoms with Crippen molar-refractivity contribution in [1.29, 1.82) is 0 Å². The largest absolute Gasteiger partial charge is 0.497 e. The third-order valence-electron chi connectivity index (χ3n) is 5.82. The molecule has 2 aromatic rings. The minimum absolute atomic E-state index is 0.127. The summed E-state index contributed by atoms with van der Waals surface area (Å²) in [5.41, 5.74) is 3.06. The molecule has 1 atom stereocenters. The van der Waals surface area contributed by atoms with E-state index in [4.69, 9.17) is 4.74 Å². The first-order chi connectivity index (χ1) is 15.6. The average molecular weight is 470 g/mol. The molecule has 0 spiro atoms. The van der Waals surface area contributed by atoms with Gasteiger partial charge in [-0.3, -0.25) is 14.5 Å². The van der Waals surface area contributed by atoms with Crippen LogP contribution in [0, 0.1) is 0 Å². The molecule has 0 aliphatic carbocycles. The van der Waals surface area contributed by atoms with E-state index in [2.05, 4.69) is 30.3 Å². The number of nitrogens with zero attached hydrogens (tertiary/aromatic N) is 1. The number of aliphatic hydroxyl groups is 1. The summed E-state index contributed by atoms with van der Waals surface area (Å²) in [7, 11) is -0.241. The first-order valence-electron chi connectivity index (χ1n) is 11.4. The van der Waals surface area contributed by atoms with Crippen LogP contribution in [0.4, 0.5) is 11.4 Å². The minimum Gasteiger partial charge on any atom is -0.497 e. The maximum Gasteiger partial charge on any atom is 0.238 e. The highest BCUT2D eigenvalue weighted by atomic mass is 28.3. The van der Waals surface area contributed by atoms with E-state index in [1.807, 2.05) is 41.3 Å². The maximum atomic E-state index is 13.2. The first kappa shape index (κ1) is 24.9. The van der Waals surface area contributed by atoms with Gasteiger partial charge in [0.15, 0.2) is 0 Å². The number of piperidine rings is 1. The van der Waals surface area contributed by atoms with Crippen molar-refractivity contribution in [2.45, 2.75) is 45.5 Å². The third kappa shape index (κ3) is 6.43. The van der Waals surface area contributed by atoms with Gasteiger partial charge in [0.05, 0.1) is 33.5 Å². The Labute approximate surface area is 197 Å². The lowest BCUT2D eigenvalue weighted by Crippen LogP contribution is -2.44. The third-order valence-corrected chi connectivity index (χ3v) is 7.85.